The number of carbonyl (C=O) groups excluding carboxylic acids is 1. The molecule has 0 aliphatic heterocycles. The Kier molecular flexibility index (Phi) is 9.02. The lowest BCUT2D eigenvalue weighted by Gasteiger charge is -2.10. The van der Waals surface area contributed by atoms with Crippen molar-refractivity contribution >= 4 is 46.6 Å². The molecule has 168 valence electrons. The lowest BCUT2D eigenvalue weighted by atomic mass is 10.2. The average Bonchev–Trinajstić information content (AvgIpc) is 3.12. The first-order valence-corrected chi connectivity index (χ1v) is 11.8. The lowest BCUT2D eigenvalue weighted by molar-refractivity contribution is -0.113. The van der Waals surface area contributed by atoms with Crippen LogP contribution in [0.2, 0.25) is 10.0 Å². The van der Waals surface area contributed by atoms with E-state index in [0.29, 0.717) is 40.5 Å². The first-order valence-electron chi connectivity index (χ1n) is 10.1. The second-order valence-electron chi connectivity index (χ2n) is 7.01. The Labute approximate surface area is 202 Å². The summed E-state index contributed by atoms with van der Waals surface area (Å²) in [6, 6.07) is 12.8. The van der Waals surface area contributed by atoms with Crippen molar-refractivity contribution in [3.05, 3.63) is 76.6 Å². The number of para-hydroxylation sites is 1. The third-order valence-electron chi connectivity index (χ3n) is 4.48. The average molecular weight is 491 g/mol. The van der Waals surface area contributed by atoms with Gasteiger partial charge in [-0.25, -0.2) is 0 Å². The van der Waals surface area contributed by atoms with Crippen LogP contribution in [-0.2, 0) is 17.8 Å². The number of nitrogens with zero attached hydrogens (tertiary/aromatic N) is 3. The number of halogens is 2. The molecule has 0 saturated carbocycles. The molecule has 0 spiro atoms. The third kappa shape index (κ3) is 7.02. The van der Waals surface area contributed by atoms with Gasteiger partial charge in [0.2, 0.25) is 5.91 Å². The number of allylic oxidation sites excluding steroid dienone is 1. The quantitative estimate of drug-likeness (QED) is 0.208. The van der Waals surface area contributed by atoms with Gasteiger partial charge < -0.3 is 14.6 Å². The van der Waals surface area contributed by atoms with Gasteiger partial charge in [-0.3, -0.25) is 4.79 Å². The van der Waals surface area contributed by atoms with Crippen LogP contribution in [-0.4, -0.2) is 33.0 Å². The van der Waals surface area contributed by atoms with E-state index < -0.39 is 0 Å². The molecular weight excluding hydrogens is 467 g/mol. The lowest BCUT2D eigenvalue weighted by Crippen LogP contribution is -2.15. The molecule has 0 bridgehead atoms. The van der Waals surface area contributed by atoms with E-state index >= 15 is 0 Å². The van der Waals surface area contributed by atoms with Crippen LogP contribution in [0.3, 0.4) is 0 Å². The highest BCUT2D eigenvalue weighted by Crippen LogP contribution is 2.24. The molecule has 0 fully saturated rings. The molecular formula is C23H24Cl2N4O2S. The molecule has 32 heavy (non-hydrogen) atoms. The second kappa shape index (κ2) is 11.9. The monoisotopic (exact) mass is 490 g/mol. The number of hydrogen-bond donors (Lipinski definition) is 1. The van der Waals surface area contributed by atoms with Gasteiger partial charge in [-0.1, -0.05) is 59.2 Å². The Balaban J connectivity index is 1.53. The zero-order valence-electron chi connectivity index (χ0n) is 17.7. The molecule has 0 unspecified atom stereocenters. The molecule has 1 amide bonds. The molecule has 3 aromatic rings. The second-order valence-corrected chi connectivity index (χ2v) is 8.83. The minimum atomic E-state index is -0.185. The van der Waals surface area contributed by atoms with Crippen molar-refractivity contribution in [3.63, 3.8) is 0 Å². The number of aryl methyl sites for hydroxylation is 2. The number of benzene rings is 2. The molecule has 0 atom stereocenters. The molecule has 0 aliphatic rings. The summed E-state index contributed by atoms with van der Waals surface area (Å²) < 4.78 is 7.83. The standard InChI is InChI=1S/C23H24Cl2N4O2S/c1-3-10-29-21(9-6-11-31-20-8-5-4-7-16(20)2)27-28-23(29)32-15-22(30)26-19-13-17(24)12-18(25)14-19/h3-5,7-8,12-14H,1,6,9-11,15H2,2H3,(H,26,30). The fourth-order valence-electron chi connectivity index (χ4n) is 3.01. The van der Waals surface area contributed by atoms with Crippen LogP contribution in [0, 0.1) is 6.92 Å². The van der Waals surface area contributed by atoms with Crippen molar-refractivity contribution in [2.75, 3.05) is 17.7 Å². The number of nitrogens with one attached hydrogen (secondary N) is 1. The summed E-state index contributed by atoms with van der Waals surface area (Å²) in [5.74, 6) is 1.72. The molecule has 3 rings (SSSR count). The van der Waals surface area contributed by atoms with E-state index in [1.807, 2.05) is 35.8 Å². The molecule has 2 aromatic carbocycles. The number of amides is 1. The summed E-state index contributed by atoms with van der Waals surface area (Å²) >= 11 is 13.3. The maximum absolute atomic E-state index is 12.3. The van der Waals surface area contributed by atoms with Crippen LogP contribution in [0.4, 0.5) is 5.69 Å². The largest absolute Gasteiger partial charge is 0.493 e. The first kappa shape index (κ1) is 24.2. The Morgan fingerprint density at radius 3 is 2.69 bits per heavy atom. The highest BCUT2D eigenvalue weighted by Gasteiger charge is 2.14. The van der Waals surface area contributed by atoms with Crippen LogP contribution in [0.25, 0.3) is 0 Å². The predicted octanol–water partition coefficient (Wildman–Crippen LogP) is 5.82. The minimum absolute atomic E-state index is 0.176. The van der Waals surface area contributed by atoms with Gasteiger partial charge in [0.15, 0.2) is 5.16 Å². The predicted molar refractivity (Wildman–Crippen MR) is 131 cm³/mol. The van der Waals surface area contributed by atoms with Crippen molar-refractivity contribution in [2.24, 2.45) is 0 Å². The fourth-order valence-corrected chi connectivity index (χ4v) is 4.30. The molecule has 1 N–H and O–H groups in total. The zero-order valence-corrected chi connectivity index (χ0v) is 20.0. The molecule has 1 heterocycles. The van der Waals surface area contributed by atoms with Gasteiger partial charge in [0, 0.05) is 28.7 Å². The van der Waals surface area contributed by atoms with Crippen molar-refractivity contribution in [1.82, 2.24) is 14.8 Å². The minimum Gasteiger partial charge on any atom is -0.493 e. The van der Waals surface area contributed by atoms with Gasteiger partial charge in [-0.2, -0.15) is 0 Å². The summed E-state index contributed by atoms with van der Waals surface area (Å²) in [6.45, 7) is 6.99. The topological polar surface area (TPSA) is 69.0 Å². The van der Waals surface area contributed by atoms with E-state index in [1.165, 1.54) is 11.8 Å². The molecule has 6 nitrogen and oxygen atoms in total. The summed E-state index contributed by atoms with van der Waals surface area (Å²) in [7, 11) is 0. The van der Waals surface area contributed by atoms with Crippen LogP contribution < -0.4 is 10.1 Å². The van der Waals surface area contributed by atoms with Crippen molar-refractivity contribution < 1.29 is 9.53 Å². The Hall–Kier alpha value is -2.48. The number of thioether (sulfide) groups is 1. The van der Waals surface area contributed by atoms with Crippen molar-refractivity contribution in [2.45, 2.75) is 31.5 Å². The van der Waals surface area contributed by atoms with Crippen molar-refractivity contribution in [3.8, 4) is 5.75 Å². The van der Waals surface area contributed by atoms with Gasteiger partial charge in [-0.15, -0.1) is 16.8 Å². The highest BCUT2D eigenvalue weighted by atomic mass is 35.5. The molecule has 0 radical (unpaired) electrons. The first-order chi connectivity index (χ1) is 15.5. The number of rotatable bonds is 11. The van der Waals surface area contributed by atoms with Gasteiger partial charge in [0.1, 0.15) is 11.6 Å². The maximum Gasteiger partial charge on any atom is 0.234 e. The maximum atomic E-state index is 12.3. The molecule has 1 aromatic heterocycles. The number of ether oxygens (including phenoxy) is 1. The summed E-state index contributed by atoms with van der Waals surface area (Å²) in [6.07, 6.45) is 3.29. The van der Waals surface area contributed by atoms with Crippen LogP contribution in [0.15, 0.2) is 60.3 Å². The van der Waals surface area contributed by atoms with Crippen molar-refractivity contribution in [1.29, 1.82) is 0 Å². The van der Waals surface area contributed by atoms with E-state index in [-0.39, 0.29) is 11.7 Å². The Morgan fingerprint density at radius 1 is 1.22 bits per heavy atom. The molecule has 0 saturated heterocycles. The smallest absolute Gasteiger partial charge is 0.234 e. The third-order valence-corrected chi connectivity index (χ3v) is 5.88. The van der Waals surface area contributed by atoms with E-state index in [4.69, 9.17) is 27.9 Å². The van der Waals surface area contributed by atoms with E-state index in [2.05, 4.69) is 22.1 Å². The van der Waals surface area contributed by atoms with Crippen LogP contribution in [0.5, 0.6) is 5.75 Å². The Bertz CT molecular complexity index is 1070. The summed E-state index contributed by atoms with van der Waals surface area (Å²) in [5.41, 5.74) is 1.66. The van der Waals surface area contributed by atoms with E-state index in [1.54, 1.807) is 24.3 Å². The van der Waals surface area contributed by atoms with Crippen LogP contribution >= 0.6 is 35.0 Å². The number of carbonyl (C=O) groups is 1. The molecule has 9 heteroatoms. The number of hydrogen-bond acceptors (Lipinski definition) is 5. The van der Waals surface area contributed by atoms with E-state index in [0.717, 1.165) is 23.6 Å². The normalized spacial score (nSPS) is 10.7. The van der Waals surface area contributed by atoms with Gasteiger partial charge in [-0.05, 0) is 43.2 Å². The number of aromatic nitrogens is 3. The van der Waals surface area contributed by atoms with Gasteiger partial charge in [0.05, 0.1) is 12.4 Å². The zero-order chi connectivity index (χ0) is 22.9. The SMILES string of the molecule is C=CCn1c(CCCOc2ccccc2C)nnc1SCC(=O)Nc1cc(Cl)cc(Cl)c1. The summed E-state index contributed by atoms with van der Waals surface area (Å²) in [5, 5.41) is 12.9. The van der Waals surface area contributed by atoms with E-state index in [9.17, 15) is 4.79 Å². The van der Waals surface area contributed by atoms with Gasteiger partial charge >= 0.3 is 0 Å². The van der Waals surface area contributed by atoms with Gasteiger partial charge in [0.25, 0.3) is 0 Å². The Morgan fingerprint density at radius 2 is 1.97 bits per heavy atom. The number of anilines is 1. The summed E-state index contributed by atoms with van der Waals surface area (Å²) in [4.78, 5) is 12.3. The fraction of sp³-hybridized carbons (Fsp3) is 0.261. The molecule has 0 aliphatic carbocycles. The van der Waals surface area contributed by atoms with Crippen LogP contribution in [0.1, 0.15) is 17.8 Å². The highest BCUT2D eigenvalue weighted by molar-refractivity contribution is 7.99.